The van der Waals surface area contributed by atoms with E-state index in [9.17, 15) is 13.6 Å². The first kappa shape index (κ1) is 22.6. The Morgan fingerprint density at radius 2 is 1.72 bits per heavy atom. The van der Waals surface area contributed by atoms with Gasteiger partial charge in [-0.3, -0.25) is 4.79 Å². The third kappa shape index (κ3) is 6.42. The number of rotatable bonds is 9. The number of nitrogens with one attached hydrogen (secondary N) is 2. The van der Waals surface area contributed by atoms with Gasteiger partial charge in [0.25, 0.3) is 5.91 Å². The predicted molar refractivity (Wildman–Crippen MR) is 109 cm³/mol. The summed E-state index contributed by atoms with van der Waals surface area (Å²) in [5.41, 5.74) is 2.82. The summed E-state index contributed by atoms with van der Waals surface area (Å²) in [6, 6.07) is 12.3. The van der Waals surface area contributed by atoms with Crippen molar-refractivity contribution < 1.29 is 27.9 Å². The number of methoxy groups -OCH3 is 1. The summed E-state index contributed by atoms with van der Waals surface area (Å²) < 4.78 is 34.5. The summed E-state index contributed by atoms with van der Waals surface area (Å²) >= 11 is 0. The van der Waals surface area contributed by atoms with Crippen LogP contribution in [0, 0.1) is 0 Å². The lowest BCUT2D eigenvalue weighted by atomic mass is 10.0. The van der Waals surface area contributed by atoms with Crippen LogP contribution < -0.4 is 19.7 Å². The van der Waals surface area contributed by atoms with Gasteiger partial charge in [0, 0.05) is 11.3 Å². The highest BCUT2D eigenvalue weighted by molar-refractivity contribution is 5.93. The summed E-state index contributed by atoms with van der Waals surface area (Å²) in [5.74, 6) is 0.561. The number of ether oxygens (including phenoxy) is 2. The molecule has 2 aromatic rings. The molecule has 0 spiro atoms. The first-order valence-corrected chi connectivity index (χ1v) is 9.56. The van der Waals surface area contributed by atoms with E-state index in [2.05, 4.69) is 23.9 Å². The highest BCUT2D eigenvalue weighted by Gasteiger charge is 2.23. The standard InChI is InChI=1S/C22H28F2N2O3/c1-14(2)17-7-9-18(10-8-17)25-21(27)15(3)26(4)13-16-6-11-19(29-22(23)24)20(12-16)28-5/h6-12,14-15,22H,13H2,1-5H3,(H,25,27)/p+1/t15-/m1/s1. The third-order valence-corrected chi connectivity index (χ3v) is 4.90. The maximum Gasteiger partial charge on any atom is 0.387 e. The van der Waals surface area contributed by atoms with Crippen LogP contribution in [0.3, 0.4) is 0 Å². The van der Waals surface area contributed by atoms with Crippen molar-refractivity contribution in [2.24, 2.45) is 0 Å². The normalized spacial score (nSPS) is 13.3. The molecule has 0 saturated carbocycles. The van der Waals surface area contributed by atoms with Gasteiger partial charge < -0.3 is 19.7 Å². The molecule has 2 aromatic carbocycles. The molecule has 0 saturated heterocycles. The Bertz CT molecular complexity index is 810. The van der Waals surface area contributed by atoms with Gasteiger partial charge in [0.1, 0.15) is 6.54 Å². The number of halogens is 2. The van der Waals surface area contributed by atoms with Crippen molar-refractivity contribution in [2.75, 3.05) is 19.5 Å². The number of benzene rings is 2. The van der Waals surface area contributed by atoms with Crippen LogP contribution in [0.1, 0.15) is 37.8 Å². The molecule has 0 fully saturated rings. The predicted octanol–water partition coefficient (Wildman–Crippen LogP) is 3.46. The van der Waals surface area contributed by atoms with Crippen molar-refractivity contribution in [1.82, 2.24) is 0 Å². The largest absolute Gasteiger partial charge is 0.493 e. The maximum atomic E-state index is 12.6. The van der Waals surface area contributed by atoms with Crippen molar-refractivity contribution in [3.8, 4) is 11.5 Å². The van der Waals surface area contributed by atoms with E-state index in [4.69, 9.17) is 4.74 Å². The molecule has 0 aliphatic heterocycles. The number of alkyl halides is 2. The van der Waals surface area contributed by atoms with Gasteiger partial charge in [-0.25, -0.2) is 0 Å². The Labute approximate surface area is 170 Å². The molecule has 2 atom stereocenters. The van der Waals surface area contributed by atoms with Crippen LogP contribution in [0.5, 0.6) is 11.5 Å². The van der Waals surface area contributed by atoms with Gasteiger partial charge in [-0.05, 0) is 48.7 Å². The lowest BCUT2D eigenvalue weighted by Gasteiger charge is -2.22. The average molecular weight is 407 g/mol. The topological polar surface area (TPSA) is 52.0 Å². The molecule has 158 valence electrons. The molecule has 5 nitrogen and oxygen atoms in total. The number of anilines is 1. The maximum absolute atomic E-state index is 12.6. The third-order valence-electron chi connectivity index (χ3n) is 4.90. The van der Waals surface area contributed by atoms with E-state index in [-0.39, 0.29) is 23.4 Å². The van der Waals surface area contributed by atoms with Crippen LogP contribution >= 0.6 is 0 Å². The number of amides is 1. The second kappa shape index (κ2) is 10.2. The lowest BCUT2D eigenvalue weighted by Crippen LogP contribution is -3.12. The van der Waals surface area contributed by atoms with Gasteiger partial charge >= 0.3 is 6.61 Å². The first-order chi connectivity index (χ1) is 13.7. The number of carbonyl (C=O) groups excluding carboxylic acids is 1. The number of likely N-dealkylation sites (N-methyl/N-ethyl adjacent to an activating group) is 1. The summed E-state index contributed by atoms with van der Waals surface area (Å²) in [7, 11) is 3.30. The summed E-state index contributed by atoms with van der Waals surface area (Å²) in [6.45, 7) is 3.69. The van der Waals surface area contributed by atoms with E-state index in [1.807, 2.05) is 38.2 Å². The Balaban J connectivity index is 2.00. The molecular weight excluding hydrogens is 378 g/mol. The first-order valence-electron chi connectivity index (χ1n) is 9.56. The fourth-order valence-corrected chi connectivity index (χ4v) is 2.92. The molecular formula is C22H29F2N2O3+. The molecule has 0 aliphatic rings. The average Bonchev–Trinajstić information content (AvgIpc) is 2.68. The van der Waals surface area contributed by atoms with E-state index in [0.29, 0.717) is 12.5 Å². The zero-order chi connectivity index (χ0) is 21.6. The molecule has 0 heterocycles. The zero-order valence-electron chi connectivity index (χ0n) is 17.5. The van der Waals surface area contributed by atoms with Crippen LogP contribution in [0.15, 0.2) is 42.5 Å². The van der Waals surface area contributed by atoms with Gasteiger partial charge in [-0.2, -0.15) is 8.78 Å². The van der Waals surface area contributed by atoms with Crippen LogP contribution in [-0.4, -0.2) is 32.7 Å². The Morgan fingerprint density at radius 1 is 1.07 bits per heavy atom. The van der Waals surface area contributed by atoms with E-state index in [1.54, 1.807) is 12.1 Å². The van der Waals surface area contributed by atoms with Crippen molar-refractivity contribution in [1.29, 1.82) is 0 Å². The van der Waals surface area contributed by atoms with E-state index < -0.39 is 6.61 Å². The number of hydrogen-bond donors (Lipinski definition) is 2. The fourth-order valence-electron chi connectivity index (χ4n) is 2.92. The van der Waals surface area contributed by atoms with Crippen LogP contribution in [0.4, 0.5) is 14.5 Å². The molecule has 0 radical (unpaired) electrons. The van der Waals surface area contributed by atoms with Crippen molar-refractivity contribution in [2.45, 2.75) is 45.9 Å². The van der Waals surface area contributed by atoms with Crippen LogP contribution in [-0.2, 0) is 11.3 Å². The van der Waals surface area contributed by atoms with E-state index in [1.165, 1.54) is 18.7 Å². The minimum atomic E-state index is -2.92. The van der Waals surface area contributed by atoms with E-state index >= 15 is 0 Å². The molecule has 2 rings (SSSR count). The van der Waals surface area contributed by atoms with Gasteiger partial charge in [-0.15, -0.1) is 0 Å². The van der Waals surface area contributed by atoms with Crippen molar-refractivity contribution in [3.63, 3.8) is 0 Å². The Hall–Kier alpha value is -2.67. The molecule has 1 unspecified atom stereocenters. The molecule has 2 N–H and O–H groups in total. The van der Waals surface area contributed by atoms with Crippen molar-refractivity contribution in [3.05, 3.63) is 53.6 Å². The van der Waals surface area contributed by atoms with Crippen LogP contribution in [0.2, 0.25) is 0 Å². The Morgan fingerprint density at radius 3 is 2.28 bits per heavy atom. The summed E-state index contributed by atoms with van der Waals surface area (Å²) in [5, 5.41) is 2.94. The Kier molecular flexibility index (Phi) is 7.96. The summed E-state index contributed by atoms with van der Waals surface area (Å²) in [4.78, 5) is 13.6. The zero-order valence-corrected chi connectivity index (χ0v) is 17.5. The number of quaternary nitrogens is 1. The molecule has 0 aliphatic carbocycles. The SMILES string of the molecule is COc1cc(C[NH+](C)[C@H](C)C(=O)Nc2ccc(C(C)C)cc2)ccc1OC(F)F. The van der Waals surface area contributed by atoms with Gasteiger partial charge in [0.15, 0.2) is 17.5 Å². The molecule has 0 aromatic heterocycles. The molecule has 29 heavy (non-hydrogen) atoms. The summed E-state index contributed by atoms with van der Waals surface area (Å²) in [6.07, 6.45) is 0. The molecule has 1 amide bonds. The van der Waals surface area contributed by atoms with Gasteiger partial charge in [0.2, 0.25) is 0 Å². The van der Waals surface area contributed by atoms with Crippen LogP contribution in [0.25, 0.3) is 0 Å². The second-order valence-electron chi connectivity index (χ2n) is 7.37. The van der Waals surface area contributed by atoms with E-state index in [0.717, 1.165) is 16.2 Å². The second-order valence-corrected chi connectivity index (χ2v) is 7.37. The lowest BCUT2D eigenvalue weighted by molar-refractivity contribution is -0.907. The molecule has 0 bridgehead atoms. The van der Waals surface area contributed by atoms with Crippen molar-refractivity contribution >= 4 is 11.6 Å². The minimum absolute atomic E-state index is 0.0143. The highest BCUT2D eigenvalue weighted by Crippen LogP contribution is 2.29. The highest BCUT2D eigenvalue weighted by atomic mass is 19.3. The number of hydrogen-bond acceptors (Lipinski definition) is 3. The monoisotopic (exact) mass is 407 g/mol. The quantitative estimate of drug-likeness (QED) is 0.669. The minimum Gasteiger partial charge on any atom is -0.493 e. The number of carbonyl (C=O) groups is 1. The smallest absolute Gasteiger partial charge is 0.387 e. The van der Waals surface area contributed by atoms with Gasteiger partial charge in [-0.1, -0.05) is 26.0 Å². The van der Waals surface area contributed by atoms with Gasteiger partial charge in [0.05, 0.1) is 14.2 Å². The fraction of sp³-hybridized carbons (Fsp3) is 0.409. The molecule has 7 heteroatoms.